The first-order valence-corrected chi connectivity index (χ1v) is 7.08. The summed E-state index contributed by atoms with van der Waals surface area (Å²) in [4.78, 5) is 11.8. The van der Waals surface area contributed by atoms with Gasteiger partial charge in [-0.3, -0.25) is 0 Å². The summed E-state index contributed by atoms with van der Waals surface area (Å²) in [6.07, 6.45) is 1.92. The van der Waals surface area contributed by atoms with Crippen molar-refractivity contribution in [1.29, 1.82) is 0 Å². The molecule has 0 unspecified atom stereocenters. The fraction of sp³-hybridized carbons (Fsp3) is 0.312. The molecule has 0 bridgehead atoms. The Balaban J connectivity index is 1.72. The molecule has 6 heteroatoms. The topological polar surface area (TPSA) is 55.3 Å². The zero-order chi connectivity index (χ0) is 15.9. The van der Waals surface area contributed by atoms with E-state index in [1.54, 1.807) is 25.1 Å². The number of aryl methyl sites for hydroxylation is 1. The van der Waals surface area contributed by atoms with Gasteiger partial charge in [0.25, 0.3) is 0 Å². The quantitative estimate of drug-likeness (QED) is 0.861. The summed E-state index contributed by atoms with van der Waals surface area (Å²) in [5.41, 5.74) is 1.01. The number of halogens is 1. The number of benzene rings is 1. The summed E-state index contributed by atoms with van der Waals surface area (Å²) >= 11 is 0. The SMILES string of the molecule is C[C@@H](COc1ccccc1F)NC(=O)NCc1cccn1C. The lowest BCUT2D eigenvalue weighted by Gasteiger charge is -2.16. The molecule has 5 nitrogen and oxygen atoms in total. The molecule has 1 atom stereocenters. The van der Waals surface area contributed by atoms with E-state index in [-0.39, 0.29) is 24.4 Å². The van der Waals surface area contributed by atoms with Gasteiger partial charge < -0.3 is 19.9 Å². The van der Waals surface area contributed by atoms with Gasteiger partial charge in [0.15, 0.2) is 11.6 Å². The minimum Gasteiger partial charge on any atom is -0.488 e. The van der Waals surface area contributed by atoms with Crippen LogP contribution in [0.1, 0.15) is 12.6 Å². The van der Waals surface area contributed by atoms with Crippen molar-refractivity contribution in [3.63, 3.8) is 0 Å². The summed E-state index contributed by atoms with van der Waals surface area (Å²) in [7, 11) is 1.92. The van der Waals surface area contributed by atoms with Crippen molar-refractivity contribution in [3.8, 4) is 5.75 Å². The van der Waals surface area contributed by atoms with Crippen LogP contribution in [0.5, 0.6) is 5.75 Å². The van der Waals surface area contributed by atoms with Gasteiger partial charge in [0.1, 0.15) is 6.61 Å². The maximum atomic E-state index is 13.4. The fourth-order valence-electron chi connectivity index (χ4n) is 1.94. The average Bonchev–Trinajstić information content (AvgIpc) is 2.89. The number of hydrogen-bond donors (Lipinski definition) is 2. The van der Waals surface area contributed by atoms with E-state index in [1.807, 2.05) is 29.9 Å². The van der Waals surface area contributed by atoms with Gasteiger partial charge in [-0.1, -0.05) is 12.1 Å². The first kappa shape index (κ1) is 15.9. The lowest BCUT2D eigenvalue weighted by atomic mass is 10.3. The number of aromatic nitrogens is 1. The van der Waals surface area contributed by atoms with Crippen LogP contribution in [0, 0.1) is 5.82 Å². The van der Waals surface area contributed by atoms with E-state index in [2.05, 4.69) is 10.6 Å². The van der Waals surface area contributed by atoms with Gasteiger partial charge in [-0.2, -0.15) is 0 Å². The third-order valence-corrected chi connectivity index (χ3v) is 3.18. The van der Waals surface area contributed by atoms with E-state index in [0.29, 0.717) is 6.54 Å². The lowest BCUT2D eigenvalue weighted by Crippen LogP contribution is -2.43. The van der Waals surface area contributed by atoms with Crippen LogP contribution in [0.3, 0.4) is 0 Å². The molecule has 0 aliphatic heterocycles. The van der Waals surface area contributed by atoms with Crippen LogP contribution in [0.15, 0.2) is 42.6 Å². The van der Waals surface area contributed by atoms with E-state index >= 15 is 0 Å². The van der Waals surface area contributed by atoms with Gasteiger partial charge in [0, 0.05) is 18.9 Å². The second kappa shape index (κ2) is 7.49. The van der Waals surface area contributed by atoms with E-state index in [0.717, 1.165) is 5.69 Å². The molecule has 0 saturated carbocycles. The minimum atomic E-state index is -0.414. The summed E-state index contributed by atoms with van der Waals surface area (Å²) in [6.45, 7) is 2.43. The van der Waals surface area contributed by atoms with Gasteiger partial charge in [-0.25, -0.2) is 9.18 Å². The Morgan fingerprint density at radius 1 is 1.32 bits per heavy atom. The molecule has 2 rings (SSSR count). The van der Waals surface area contributed by atoms with Crippen molar-refractivity contribution in [2.75, 3.05) is 6.61 Å². The van der Waals surface area contributed by atoms with E-state index in [1.165, 1.54) is 6.07 Å². The Hall–Kier alpha value is -2.50. The van der Waals surface area contributed by atoms with Gasteiger partial charge in [0.05, 0.1) is 12.6 Å². The summed E-state index contributed by atoms with van der Waals surface area (Å²) < 4.78 is 20.7. The van der Waals surface area contributed by atoms with Gasteiger partial charge in [-0.15, -0.1) is 0 Å². The maximum absolute atomic E-state index is 13.4. The van der Waals surface area contributed by atoms with Crippen LogP contribution in [-0.2, 0) is 13.6 Å². The van der Waals surface area contributed by atoms with Gasteiger partial charge in [0.2, 0.25) is 0 Å². The summed E-state index contributed by atoms with van der Waals surface area (Å²) in [6, 6.07) is 9.51. The largest absolute Gasteiger partial charge is 0.488 e. The highest BCUT2D eigenvalue weighted by atomic mass is 19.1. The van der Waals surface area contributed by atoms with Crippen molar-refractivity contribution in [3.05, 3.63) is 54.1 Å². The maximum Gasteiger partial charge on any atom is 0.315 e. The molecule has 2 aromatic rings. The highest BCUT2D eigenvalue weighted by Crippen LogP contribution is 2.15. The van der Waals surface area contributed by atoms with Crippen molar-refractivity contribution in [2.45, 2.75) is 19.5 Å². The fourth-order valence-corrected chi connectivity index (χ4v) is 1.94. The number of para-hydroxylation sites is 1. The molecule has 0 spiro atoms. The highest BCUT2D eigenvalue weighted by molar-refractivity contribution is 5.74. The number of nitrogens with one attached hydrogen (secondary N) is 2. The lowest BCUT2D eigenvalue weighted by molar-refractivity contribution is 0.224. The number of urea groups is 1. The zero-order valence-corrected chi connectivity index (χ0v) is 12.7. The Labute approximate surface area is 129 Å². The molecular formula is C16H20FN3O2. The number of nitrogens with zero attached hydrogens (tertiary/aromatic N) is 1. The Kier molecular flexibility index (Phi) is 5.41. The minimum absolute atomic E-state index is 0.181. The monoisotopic (exact) mass is 305 g/mol. The van der Waals surface area contributed by atoms with Gasteiger partial charge >= 0.3 is 6.03 Å². The summed E-state index contributed by atoms with van der Waals surface area (Å²) in [5.74, 6) is -0.233. The molecule has 22 heavy (non-hydrogen) atoms. The molecule has 2 N–H and O–H groups in total. The molecule has 0 fully saturated rings. The molecule has 1 aromatic carbocycles. The molecule has 2 amide bonds. The van der Waals surface area contributed by atoms with E-state index < -0.39 is 5.82 Å². The van der Waals surface area contributed by atoms with E-state index in [9.17, 15) is 9.18 Å². The van der Waals surface area contributed by atoms with Crippen LogP contribution in [-0.4, -0.2) is 23.2 Å². The van der Waals surface area contributed by atoms with Crippen LogP contribution in [0.25, 0.3) is 0 Å². The number of carbonyl (C=O) groups excluding carboxylic acids is 1. The third-order valence-electron chi connectivity index (χ3n) is 3.18. The number of amides is 2. The number of carbonyl (C=O) groups is 1. The second-order valence-corrected chi connectivity index (χ2v) is 5.08. The van der Waals surface area contributed by atoms with Gasteiger partial charge in [-0.05, 0) is 31.2 Å². The zero-order valence-electron chi connectivity index (χ0n) is 12.7. The molecule has 1 aromatic heterocycles. The normalized spacial score (nSPS) is 11.8. The second-order valence-electron chi connectivity index (χ2n) is 5.08. The van der Waals surface area contributed by atoms with Crippen molar-refractivity contribution >= 4 is 6.03 Å². The van der Waals surface area contributed by atoms with Crippen molar-refractivity contribution in [1.82, 2.24) is 15.2 Å². The average molecular weight is 305 g/mol. The smallest absolute Gasteiger partial charge is 0.315 e. The Morgan fingerprint density at radius 3 is 2.77 bits per heavy atom. The number of rotatable bonds is 6. The molecule has 0 aliphatic rings. The molecule has 1 heterocycles. The summed E-state index contributed by atoms with van der Waals surface area (Å²) in [5, 5.41) is 5.51. The third kappa shape index (κ3) is 4.51. The first-order valence-electron chi connectivity index (χ1n) is 7.08. The van der Waals surface area contributed by atoms with Crippen LogP contribution >= 0.6 is 0 Å². The number of hydrogen-bond acceptors (Lipinski definition) is 2. The molecule has 0 aliphatic carbocycles. The molecule has 118 valence electrons. The van der Waals surface area contributed by atoms with Crippen molar-refractivity contribution < 1.29 is 13.9 Å². The Morgan fingerprint density at radius 2 is 2.09 bits per heavy atom. The standard InChI is InChI=1S/C16H20FN3O2/c1-12(11-22-15-8-4-3-7-14(15)17)19-16(21)18-10-13-6-5-9-20(13)2/h3-9,12H,10-11H2,1-2H3,(H2,18,19,21)/t12-/m0/s1. The molecule has 0 radical (unpaired) electrons. The first-order chi connectivity index (χ1) is 10.6. The van der Waals surface area contributed by atoms with Crippen molar-refractivity contribution in [2.24, 2.45) is 7.05 Å². The predicted octanol–water partition coefficient (Wildman–Crippen LogP) is 2.43. The molecule has 0 saturated heterocycles. The van der Waals surface area contributed by atoms with E-state index in [4.69, 9.17) is 4.74 Å². The highest BCUT2D eigenvalue weighted by Gasteiger charge is 2.09. The van der Waals surface area contributed by atoms with Crippen LogP contribution in [0.2, 0.25) is 0 Å². The van der Waals surface area contributed by atoms with Crippen LogP contribution < -0.4 is 15.4 Å². The number of ether oxygens (including phenoxy) is 1. The predicted molar refractivity (Wildman–Crippen MR) is 82.1 cm³/mol. The molecular weight excluding hydrogens is 285 g/mol. The van der Waals surface area contributed by atoms with Crippen LogP contribution in [0.4, 0.5) is 9.18 Å². The Bertz CT molecular complexity index is 627.